The molecule has 0 fully saturated rings. The van der Waals surface area contributed by atoms with Crippen LogP contribution in [0.5, 0.6) is 0 Å². The van der Waals surface area contributed by atoms with E-state index in [1.165, 1.54) is 0 Å². The number of aromatic nitrogens is 2. The molecule has 0 saturated carbocycles. The van der Waals surface area contributed by atoms with E-state index in [1.807, 2.05) is 30.3 Å². The van der Waals surface area contributed by atoms with E-state index in [0.717, 1.165) is 31.1 Å². The Morgan fingerprint density at radius 1 is 1.24 bits per heavy atom. The monoisotopic (exact) mass is 305 g/mol. The second-order valence-electron chi connectivity index (χ2n) is 3.58. The van der Waals surface area contributed by atoms with E-state index in [2.05, 4.69) is 25.9 Å². The third kappa shape index (κ3) is 1.92. The van der Waals surface area contributed by atoms with Crippen LogP contribution in [0.25, 0.3) is 20.9 Å². The number of nitrogens with two attached hydrogens (primary N) is 1. The maximum atomic E-state index is 5.87. The average molecular weight is 306 g/mol. The molecule has 0 aliphatic heterocycles. The molecule has 1 aromatic carbocycles. The Morgan fingerprint density at radius 3 is 2.88 bits per heavy atom. The van der Waals surface area contributed by atoms with Gasteiger partial charge < -0.3 is 5.73 Å². The molecule has 0 aliphatic rings. The Balaban J connectivity index is 2.17. The Kier molecular flexibility index (Phi) is 2.57. The predicted octanol–water partition coefficient (Wildman–Crippen LogP) is 3.70. The van der Waals surface area contributed by atoms with E-state index in [0.29, 0.717) is 0 Å². The van der Waals surface area contributed by atoms with Gasteiger partial charge in [-0.25, -0.2) is 9.97 Å². The number of benzene rings is 1. The molecule has 5 heteroatoms. The van der Waals surface area contributed by atoms with E-state index < -0.39 is 0 Å². The zero-order chi connectivity index (χ0) is 11.8. The van der Waals surface area contributed by atoms with Gasteiger partial charge in [0.1, 0.15) is 15.4 Å². The van der Waals surface area contributed by atoms with Gasteiger partial charge in [0.2, 0.25) is 0 Å². The lowest BCUT2D eigenvalue weighted by atomic mass is 10.2. The van der Waals surface area contributed by atoms with Gasteiger partial charge in [-0.15, -0.1) is 0 Å². The molecule has 0 atom stereocenters. The summed E-state index contributed by atoms with van der Waals surface area (Å²) in [5.41, 5.74) is 8.53. The van der Waals surface area contributed by atoms with Crippen LogP contribution in [0.4, 0.5) is 5.69 Å². The van der Waals surface area contributed by atoms with E-state index in [9.17, 15) is 0 Å². The highest BCUT2D eigenvalue weighted by molar-refractivity contribution is 9.10. The minimum atomic E-state index is 0.717. The van der Waals surface area contributed by atoms with Gasteiger partial charge in [0.15, 0.2) is 0 Å². The summed E-state index contributed by atoms with van der Waals surface area (Å²) in [6, 6.07) is 9.70. The van der Waals surface area contributed by atoms with Crippen LogP contribution in [0.3, 0.4) is 0 Å². The fourth-order valence-electron chi connectivity index (χ4n) is 1.57. The third-order valence-corrected chi connectivity index (χ3v) is 4.16. The van der Waals surface area contributed by atoms with Crippen LogP contribution < -0.4 is 5.73 Å². The molecule has 2 aromatic heterocycles. The Labute approximate surface area is 110 Å². The maximum absolute atomic E-state index is 5.87. The summed E-state index contributed by atoms with van der Waals surface area (Å²) in [4.78, 5) is 9.77. The first-order valence-electron chi connectivity index (χ1n) is 5.01. The lowest BCUT2D eigenvalue weighted by Gasteiger charge is -2.00. The van der Waals surface area contributed by atoms with E-state index in [1.54, 1.807) is 17.5 Å². The number of hydrogen-bond acceptors (Lipinski definition) is 4. The van der Waals surface area contributed by atoms with Crippen molar-refractivity contribution in [2.24, 2.45) is 0 Å². The number of nitrogens with zero attached hydrogens (tertiary/aromatic N) is 2. The number of anilines is 1. The third-order valence-electron chi connectivity index (χ3n) is 2.41. The summed E-state index contributed by atoms with van der Waals surface area (Å²) in [5.74, 6) is 0. The average Bonchev–Trinajstić information content (AvgIpc) is 2.76. The van der Waals surface area contributed by atoms with Gasteiger partial charge in [-0.3, -0.25) is 0 Å². The second-order valence-corrected chi connectivity index (χ2v) is 5.41. The molecule has 2 heterocycles. The number of pyridine rings is 1. The number of rotatable bonds is 1. The van der Waals surface area contributed by atoms with Gasteiger partial charge in [0.25, 0.3) is 0 Å². The molecule has 2 N–H and O–H groups in total. The van der Waals surface area contributed by atoms with Gasteiger partial charge in [-0.05, 0) is 40.2 Å². The number of halogens is 1. The first-order chi connectivity index (χ1) is 8.24. The highest BCUT2D eigenvalue weighted by atomic mass is 79.9. The SMILES string of the molecule is Nc1cc(-c2nc3cccnc3s2)ccc1Br. The van der Waals surface area contributed by atoms with Crippen molar-refractivity contribution < 1.29 is 0 Å². The fourth-order valence-corrected chi connectivity index (χ4v) is 2.72. The van der Waals surface area contributed by atoms with Crippen molar-refractivity contribution in [3.63, 3.8) is 0 Å². The van der Waals surface area contributed by atoms with Crippen molar-refractivity contribution in [3.05, 3.63) is 41.0 Å². The van der Waals surface area contributed by atoms with Crippen molar-refractivity contribution in [2.45, 2.75) is 0 Å². The van der Waals surface area contributed by atoms with E-state index in [-0.39, 0.29) is 0 Å². The largest absolute Gasteiger partial charge is 0.398 e. The molecule has 3 nitrogen and oxygen atoms in total. The van der Waals surface area contributed by atoms with Gasteiger partial charge in [0, 0.05) is 21.9 Å². The molecule has 0 amide bonds. The van der Waals surface area contributed by atoms with Crippen LogP contribution in [0, 0.1) is 0 Å². The molecule has 84 valence electrons. The van der Waals surface area contributed by atoms with Crippen LogP contribution >= 0.6 is 27.3 Å². The lowest BCUT2D eigenvalue weighted by Crippen LogP contribution is -1.87. The van der Waals surface area contributed by atoms with Crippen LogP contribution in [0.1, 0.15) is 0 Å². The topological polar surface area (TPSA) is 51.8 Å². The molecule has 0 unspecified atom stereocenters. The second kappa shape index (κ2) is 4.09. The highest BCUT2D eigenvalue weighted by Crippen LogP contribution is 2.31. The molecule has 0 radical (unpaired) electrons. The summed E-state index contributed by atoms with van der Waals surface area (Å²) in [6.45, 7) is 0. The predicted molar refractivity (Wildman–Crippen MR) is 75.0 cm³/mol. The van der Waals surface area contributed by atoms with Crippen molar-refractivity contribution >= 4 is 43.3 Å². The molecule has 3 aromatic rings. The quantitative estimate of drug-likeness (QED) is 0.697. The zero-order valence-corrected chi connectivity index (χ0v) is 11.1. The fraction of sp³-hybridized carbons (Fsp3) is 0. The van der Waals surface area contributed by atoms with E-state index >= 15 is 0 Å². The molecule has 3 rings (SSSR count). The van der Waals surface area contributed by atoms with Crippen molar-refractivity contribution in [3.8, 4) is 10.6 Å². The van der Waals surface area contributed by atoms with Crippen molar-refractivity contribution in [1.82, 2.24) is 9.97 Å². The molecule has 0 spiro atoms. The van der Waals surface area contributed by atoms with Crippen molar-refractivity contribution in [1.29, 1.82) is 0 Å². The Bertz CT molecular complexity index is 660. The smallest absolute Gasteiger partial charge is 0.143 e. The minimum absolute atomic E-state index is 0.717. The molecule has 0 aliphatic carbocycles. The van der Waals surface area contributed by atoms with Gasteiger partial charge in [-0.2, -0.15) is 0 Å². The Morgan fingerprint density at radius 2 is 2.12 bits per heavy atom. The van der Waals surface area contributed by atoms with Crippen LogP contribution in [-0.2, 0) is 0 Å². The van der Waals surface area contributed by atoms with Gasteiger partial charge in [0.05, 0.1) is 0 Å². The summed E-state index contributed by atoms with van der Waals surface area (Å²) < 4.78 is 0.903. The Hall–Kier alpha value is -1.46. The number of nitrogen functional groups attached to an aromatic ring is 1. The first kappa shape index (κ1) is 10.7. The normalized spacial score (nSPS) is 10.9. The summed E-state index contributed by atoms with van der Waals surface area (Å²) in [6.07, 6.45) is 1.78. The minimum Gasteiger partial charge on any atom is -0.398 e. The summed E-state index contributed by atoms with van der Waals surface area (Å²) in [5, 5.41) is 0.943. The first-order valence-corrected chi connectivity index (χ1v) is 6.62. The van der Waals surface area contributed by atoms with Gasteiger partial charge >= 0.3 is 0 Å². The van der Waals surface area contributed by atoms with Crippen LogP contribution in [0.15, 0.2) is 41.0 Å². The zero-order valence-electron chi connectivity index (χ0n) is 8.72. The lowest BCUT2D eigenvalue weighted by molar-refractivity contribution is 1.40. The van der Waals surface area contributed by atoms with E-state index in [4.69, 9.17) is 5.73 Å². The standard InChI is InChI=1S/C12H8BrN3S/c13-8-4-3-7(6-9(8)14)11-16-10-2-1-5-15-12(10)17-11/h1-6H,14H2. The molecule has 17 heavy (non-hydrogen) atoms. The number of hydrogen-bond donors (Lipinski definition) is 1. The van der Waals surface area contributed by atoms with Crippen LogP contribution in [-0.4, -0.2) is 9.97 Å². The van der Waals surface area contributed by atoms with Crippen molar-refractivity contribution in [2.75, 3.05) is 5.73 Å². The maximum Gasteiger partial charge on any atom is 0.143 e. The molecular formula is C12H8BrN3S. The summed E-state index contributed by atoms with van der Waals surface area (Å²) >= 11 is 4.95. The molecule has 0 saturated heterocycles. The number of thiazole rings is 1. The van der Waals surface area contributed by atoms with Gasteiger partial charge in [-0.1, -0.05) is 17.4 Å². The molecule has 0 bridgehead atoms. The number of fused-ring (bicyclic) bond motifs is 1. The summed E-state index contributed by atoms with van der Waals surface area (Å²) in [7, 11) is 0. The van der Waals surface area contributed by atoms with Crippen LogP contribution in [0.2, 0.25) is 0 Å². The highest BCUT2D eigenvalue weighted by Gasteiger charge is 2.07. The molecular weight excluding hydrogens is 298 g/mol.